The molecule has 1 atom stereocenters. The molecule has 1 saturated heterocycles. The van der Waals surface area contributed by atoms with Gasteiger partial charge >= 0.3 is 0 Å². The number of hydrogen-bond acceptors (Lipinski definition) is 4. The Kier molecular flexibility index (Phi) is 5.15. The van der Waals surface area contributed by atoms with Crippen molar-refractivity contribution in [3.63, 3.8) is 0 Å². The second kappa shape index (κ2) is 6.64. The maximum Gasteiger partial charge on any atom is 0.0798 e. The maximum absolute atomic E-state index is 4.30. The number of rotatable bonds is 6. The third kappa shape index (κ3) is 3.53. The number of nitrogens with zero attached hydrogens (tertiary/aromatic N) is 2. The molecule has 1 aromatic heterocycles. The molecular formula is C14H25N3S. The first kappa shape index (κ1) is 14.0. The zero-order valence-electron chi connectivity index (χ0n) is 11.8. The third-order valence-corrected chi connectivity index (χ3v) is 4.80. The van der Waals surface area contributed by atoms with E-state index in [1.165, 1.54) is 36.5 Å². The molecule has 2 heterocycles. The van der Waals surface area contributed by atoms with Crippen LogP contribution in [0.15, 0.2) is 5.51 Å². The van der Waals surface area contributed by atoms with E-state index in [4.69, 9.17) is 0 Å². The van der Waals surface area contributed by atoms with Crippen molar-refractivity contribution in [2.45, 2.75) is 46.2 Å². The van der Waals surface area contributed by atoms with Crippen molar-refractivity contribution in [3.8, 4) is 0 Å². The Morgan fingerprint density at radius 3 is 2.67 bits per heavy atom. The molecule has 1 aliphatic rings. The number of likely N-dealkylation sites (tertiary alicyclic amines) is 1. The minimum atomic E-state index is 0.681. The first-order chi connectivity index (χ1) is 8.68. The molecular weight excluding hydrogens is 242 g/mol. The summed E-state index contributed by atoms with van der Waals surface area (Å²) in [6.07, 6.45) is 2.74. The lowest BCUT2D eigenvalue weighted by atomic mass is 10.0. The molecule has 1 fully saturated rings. The third-order valence-electron chi connectivity index (χ3n) is 3.86. The van der Waals surface area contributed by atoms with Gasteiger partial charge in [-0.25, -0.2) is 4.98 Å². The molecule has 0 bridgehead atoms. The summed E-state index contributed by atoms with van der Waals surface area (Å²) in [4.78, 5) is 8.32. The van der Waals surface area contributed by atoms with Gasteiger partial charge in [-0.2, -0.15) is 0 Å². The Hall–Kier alpha value is -0.450. The molecule has 2 rings (SSSR count). The summed E-state index contributed by atoms with van der Waals surface area (Å²) >= 11 is 1.75. The van der Waals surface area contributed by atoms with Gasteiger partial charge in [0.25, 0.3) is 0 Å². The van der Waals surface area contributed by atoms with Gasteiger partial charge < -0.3 is 5.32 Å². The van der Waals surface area contributed by atoms with Crippen LogP contribution in [0.5, 0.6) is 0 Å². The van der Waals surface area contributed by atoms with E-state index in [1.54, 1.807) is 11.3 Å². The first-order valence-electron chi connectivity index (χ1n) is 7.02. The van der Waals surface area contributed by atoms with Gasteiger partial charge in [0.1, 0.15) is 0 Å². The molecule has 0 amide bonds. The van der Waals surface area contributed by atoms with E-state index in [2.05, 4.69) is 36.0 Å². The van der Waals surface area contributed by atoms with E-state index >= 15 is 0 Å². The average Bonchev–Trinajstić information content (AvgIpc) is 2.96. The SMILES string of the molecule is Cc1ncsc1CNCC(C(C)C)N1CCCC1. The second-order valence-corrected chi connectivity index (χ2v) is 6.49. The van der Waals surface area contributed by atoms with Crippen LogP contribution < -0.4 is 5.32 Å². The monoisotopic (exact) mass is 267 g/mol. The van der Waals surface area contributed by atoms with Crippen LogP contribution in [-0.2, 0) is 6.54 Å². The molecule has 0 radical (unpaired) electrons. The van der Waals surface area contributed by atoms with Gasteiger partial charge in [-0.05, 0) is 38.8 Å². The molecule has 1 aromatic rings. The molecule has 3 nitrogen and oxygen atoms in total. The first-order valence-corrected chi connectivity index (χ1v) is 7.90. The number of aryl methyl sites for hydroxylation is 1. The normalized spacial score (nSPS) is 18.7. The van der Waals surface area contributed by atoms with E-state index in [-0.39, 0.29) is 0 Å². The van der Waals surface area contributed by atoms with Crippen LogP contribution >= 0.6 is 11.3 Å². The molecule has 0 aliphatic carbocycles. The standard InChI is InChI=1S/C14H25N3S/c1-11(2)13(17-6-4-5-7-17)8-15-9-14-12(3)16-10-18-14/h10-11,13,15H,4-9H2,1-3H3. The maximum atomic E-state index is 4.30. The van der Waals surface area contributed by atoms with E-state index in [0.29, 0.717) is 6.04 Å². The van der Waals surface area contributed by atoms with Crippen LogP contribution in [0.25, 0.3) is 0 Å². The van der Waals surface area contributed by atoms with Crippen LogP contribution in [0.3, 0.4) is 0 Å². The summed E-state index contributed by atoms with van der Waals surface area (Å²) in [6, 6.07) is 0.681. The van der Waals surface area contributed by atoms with Crippen LogP contribution in [-0.4, -0.2) is 35.6 Å². The van der Waals surface area contributed by atoms with E-state index in [1.807, 2.05) is 5.51 Å². The van der Waals surface area contributed by atoms with Crippen LogP contribution in [0.2, 0.25) is 0 Å². The Balaban J connectivity index is 1.80. The molecule has 1 unspecified atom stereocenters. The topological polar surface area (TPSA) is 28.2 Å². The second-order valence-electron chi connectivity index (χ2n) is 5.55. The van der Waals surface area contributed by atoms with Crippen molar-refractivity contribution >= 4 is 11.3 Å². The predicted octanol–water partition coefficient (Wildman–Crippen LogP) is 2.66. The zero-order valence-corrected chi connectivity index (χ0v) is 12.6. The molecule has 0 saturated carbocycles. The van der Waals surface area contributed by atoms with E-state index in [9.17, 15) is 0 Å². The van der Waals surface area contributed by atoms with Gasteiger partial charge in [0, 0.05) is 24.0 Å². The van der Waals surface area contributed by atoms with Crippen molar-refractivity contribution in [2.75, 3.05) is 19.6 Å². The summed E-state index contributed by atoms with van der Waals surface area (Å²) in [5.74, 6) is 0.721. The lowest BCUT2D eigenvalue weighted by molar-refractivity contribution is 0.186. The smallest absolute Gasteiger partial charge is 0.0798 e. The summed E-state index contributed by atoms with van der Waals surface area (Å²) < 4.78 is 0. The minimum Gasteiger partial charge on any atom is -0.310 e. The number of nitrogens with one attached hydrogen (secondary N) is 1. The van der Waals surface area contributed by atoms with Crippen molar-refractivity contribution < 1.29 is 0 Å². The Bertz CT molecular complexity index is 356. The Morgan fingerprint density at radius 1 is 1.39 bits per heavy atom. The largest absolute Gasteiger partial charge is 0.310 e. The average molecular weight is 267 g/mol. The fraction of sp³-hybridized carbons (Fsp3) is 0.786. The van der Waals surface area contributed by atoms with Crippen LogP contribution in [0.1, 0.15) is 37.3 Å². The number of thiazole rings is 1. The van der Waals surface area contributed by atoms with Gasteiger partial charge in [0.15, 0.2) is 0 Å². The predicted molar refractivity (Wildman–Crippen MR) is 78.0 cm³/mol. The lowest BCUT2D eigenvalue weighted by Gasteiger charge is -2.31. The lowest BCUT2D eigenvalue weighted by Crippen LogP contribution is -2.44. The van der Waals surface area contributed by atoms with Crippen molar-refractivity contribution in [1.82, 2.24) is 15.2 Å². The molecule has 1 aliphatic heterocycles. The fourth-order valence-corrected chi connectivity index (χ4v) is 3.44. The van der Waals surface area contributed by atoms with E-state index < -0.39 is 0 Å². The molecule has 102 valence electrons. The highest BCUT2D eigenvalue weighted by atomic mass is 32.1. The summed E-state index contributed by atoms with van der Waals surface area (Å²) in [5.41, 5.74) is 3.11. The van der Waals surface area contributed by atoms with Gasteiger partial charge in [-0.3, -0.25) is 4.90 Å². The Morgan fingerprint density at radius 2 is 2.11 bits per heavy atom. The Labute approximate surface area is 115 Å². The quantitative estimate of drug-likeness (QED) is 0.859. The highest BCUT2D eigenvalue weighted by Crippen LogP contribution is 2.17. The van der Waals surface area contributed by atoms with Gasteiger partial charge in [-0.1, -0.05) is 13.8 Å². The highest BCUT2D eigenvalue weighted by Gasteiger charge is 2.24. The van der Waals surface area contributed by atoms with E-state index in [0.717, 1.165) is 19.0 Å². The zero-order chi connectivity index (χ0) is 13.0. The highest BCUT2D eigenvalue weighted by molar-refractivity contribution is 7.09. The molecule has 4 heteroatoms. The van der Waals surface area contributed by atoms with Gasteiger partial charge in [-0.15, -0.1) is 11.3 Å². The molecule has 1 N–H and O–H groups in total. The van der Waals surface area contributed by atoms with Crippen molar-refractivity contribution in [1.29, 1.82) is 0 Å². The van der Waals surface area contributed by atoms with Gasteiger partial charge in [0.2, 0.25) is 0 Å². The number of hydrogen-bond donors (Lipinski definition) is 1. The van der Waals surface area contributed by atoms with Crippen LogP contribution in [0.4, 0.5) is 0 Å². The van der Waals surface area contributed by atoms with Crippen molar-refractivity contribution in [2.24, 2.45) is 5.92 Å². The fourth-order valence-electron chi connectivity index (χ4n) is 2.69. The van der Waals surface area contributed by atoms with Crippen molar-refractivity contribution in [3.05, 3.63) is 16.1 Å². The summed E-state index contributed by atoms with van der Waals surface area (Å²) in [6.45, 7) is 11.4. The minimum absolute atomic E-state index is 0.681. The summed E-state index contributed by atoms with van der Waals surface area (Å²) in [5, 5.41) is 3.62. The van der Waals surface area contributed by atoms with Crippen LogP contribution in [0, 0.1) is 12.8 Å². The molecule has 18 heavy (non-hydrogen) atoms. The van der Waals surface area contributed by atoms with Gasteiger partial charge in [0.05, 0.1) is 11.2 Å². The molecule has 0 aromatic carbocycles. The number of aromatic nitrogens is 1. The molecule has 0 spiro atoms. The summed E-state index contributed by atoms with van der Waals surface area (Å²) in [7, 11) is 0.